The Morgan fingerprint density at radius 2 is 1.73 bits per heavy atom. The van der Waals surface area contributed by atoms with Gasteiger partial charge >= 0.3 is 0 Å². The summed E-state index contributed by atoms with van der Waals surface area (Å²) in [5.74, 6) is 0.00642. The van der Waals surface area contributed by atoms with Crippen molar-refractivity contribution in [3.05, 3.63) is 64.7 Å². The first-order valence-corrected chi connectivity index (χ1v) is 7.78. The van der Waals surface area contributed by atoms with Crippen LogP contribution in [0.4, 0.5) is 5.69 Å². The van der Waals surface area contributed by atoms with Crippen LogP contribution in [0.15, 0.2) is 48.5 Å². The fourth-order valence-electron chi connectivity index (χ4n) is 2.19. The van der Waals surface area contributed by atoms with Crippen LogP contribution in [0, 0.1) is 6.92 Å². The molecule has 0 aliphatic carbocycles. The quantitative estimate of drug-likeness (QED) is 0.873. The third kappa shape index (κ3) is 4.58. The van der Waals surface area contributed by atoms with Crippen LogP contribution in [0.5, 0.6) is 0 Å². The Labute approximate surface area is 136 Å². The molecule has 1 amide bonds. The molecule has 116 valence electrons. The number of aryl methyl sites for hydroxylation is 1. The summed E-state index contributed by atoms with van der Waals surface area (Å²) < 4.78 is 0. The molecule has 0 radical (unpaired) electrons. The molecule has 2 aromatic rings. The van der Waals surface area contributed by atoms with Crippen molar-refractivity contribution >= 4 is 23.2 Å². The van der Waals surface area contributed by atoms with Gasteiger partial charge in [0.05, 0.1) is 7.05 Å². The van der Waals surface area contributed by atoms with Gasteiger partial charge in [-0.15, -0.1) is 0 Å². The minimum Gasteiger partial charge on any atom is -0.324 e. The summed E-state index contributed by atoms with van der Waals surface area (Å²) in [6.45, 7) is 4.83. The van der Waals surface area contributed by atoms with E-state index in [1.54, 1.807) is 12.1 Å². The molecule has 2 rings (SSSR count). The highest BCUT2D eigenvalue weighted by atomic mass is 35.5. The second-order valence-corrected chi connectivity index (χ2v) is 6.16. The van der Waals surface area contributed by atoms with Crippen molar-refractivity contribution < 1.29 is 9.69 Å². The van der Waals surface area contributed by atoms with E-state index in [4.69, 9.17) is 11.6 Å². The Bertz CT molecular complexity index is 623. The predicted octanol–water partition coefficient (Wildman–Crippen LogP) is 2.69. The predicted molar refractivity (Wildman–Crippen MR) is 91.3 cm³/mol. The monoisotopic (exact) mass is 317 g/mol. The highest BCUT2D eigenvalue weighted by Gasteiger charge is 2.21. The summed E-state index contributed by atoms with van der Waals surface area (Å²) in [5, 5.41) is 3.59. The molecule has 3 nitrogen and oxygen atoms in total. The second-order valence-electron chi connectivity index (χ2n) is 5.73. The fraction of sp³-hybridized carbons (Fsp3) is 0.278. The number of amides is 1. The summed E-state index contributed by atoms with van der Waals surface area (Å²) in [7, 11) is 2.03. The van der Waals surface area contributed by atoms with Crippen molar-refractivity contribution in [1.82, 2.24) is 0 Å². The molecule has 0 aromatic heterocycles. The van der Waals surface area contributed by atoms with Crippen LogP contribution in [-0.2, 0) is 11.3 Å². The third-order valence-electron chi connectivity index (χ3n) is 3.85. The van der Waals surface area contributed by atoms with Crippen molar-refractivity contribution in [3.8, 4) is 0 Å². The van der Waals surface area contributed by atoms with E-state index in [0.29, 0.717) is 5.02 Å². The van der Waals surface area contributed by atoms with Crippen molar-refractivity contribution in [2.75, 3.05) is 12.4 Å². The van der Waals surface area contributed by atoms with E-state index < -0.39 is 0 Å². The summed E-state index contributed by atoms with van der Waals surface area (Å²) >= 11 is 5.85. The molecule has 1 unspecified atom stereocenters. The van der Waals surface area contributed by atoms with Gasteiger partial charge < -0.3 is 10.2 Å². The Morgan fingerprint density at radius 1 is 1.14 bits per heavy atom. The molecule has 2 N–H and O–H groups in total. The maximum atomic E-state index is 12.3. The average molecular weight is 318 g/mol. The molecular weight excluding hydrogens is 296 g/mol. The minimum absolute atomic E-state index is 0.00642. The Hall–Kier alpha value is -1.84. The molecule has 0 heterocycles. The zero-order valence-electron chi connectivity index (χ0n) is 13.2. The third-order valence-corrected chi connectivity index (χ3v) is 4.10. The normalized spacial score (nSPS) is 13.5. The highest BCUT2D eigenvalue weighted by molar-refractivity contribution is 6.30. The lowest BCUT2D eigenvalue weighted by Crippen LogP contribution is -3.12. The van der Waals surface area contributed by atoms with E-state index in [1.165, 1.54) is 11.1 Å². The molecule has 0 saturated heterocycles. The van der Waals surface area contributed by atoms with Crippen molar-refractivity contribution in [2.45, 2.75) is 26.4 Å². The summed E-state index contributed by atoms with van der Waals surface area (Å²) in [4.78, 5) is 13.5. The Balaban J connectivity index is 1.94. The van der Waals surface area contributed by atoms with Gasteiger partial charge in [0.25, 0.3) is 5.91 Å². The average Bonchev–Trinajstić information content (AvgIpc) is 2.51. The molecule has 0 spiro atoms. The molecule has 4 heteroatoms. The lowest BCUT2D eigenvalue weighted by Gasteiger charge is -2.21. The number of quaternary nitrogens is 1. The van der Waals surface area contributed by atoms with Gasteiger partial charge in [0.15, 0.2) is 6.04 Å². The molecule has 22 heavy (non-hydrogen) atoms. The molecule has 2 atom stereocenters. The molecule has 0 fully saturated rings. The lowest BCUT2D eigenvalue weighted by molar-refractivity contribution is -0.907. The minimum atomic E-state index is -0.142. The van der Waals surface area contributed by atoms with Gasteiger partial charge in [-0.25, -0.2) is 0 Å². The summed E-state index contributed by atoms with van der Waals surface area (Å²) in [6.07, 6.45) is 0. The van der Waals surface area contributed by atoms with Crippen molar-refractivity contribution in [1.29, 1.82) is 0 Å². The van der Waals surface area contributed by atoms with Crippen LogP contribution in [0.3, 0.4) is 0 Å². The van der Waals surface area contributed by atoms with Gasteiger partial charge in [-0.2, -0.15) is 0 Å². The molecule has 0 aliphatic rings. The number of halogens is 1. The molecular formula is C18H22ClN2O+. The lowest BCUT2D eigenvalue weighted by atomic mass is 10.1. The first-order chi connectivity index (χ1) is 10.5. The van der Waals surface area contributed by atoms with Gasteiger partial charge in [0.1, 0.15) is 6.54 Å². The van der Waals surface area contributed by atoms with E-state index in [-0.39, 0.29) is 11.9 Å². The van der Waals surface area contributed by atoms with E-state index in [9.17, 15) is 4.79 Å². The SMILES string of the molecule is Cc1ccc(C[NH+](C)[C@@H](C)C(=O)Nc2ccc(Cl)cc2)cc1. The van der Waals surface area contributed by atoms with Crippen molar-refractivity contribution in [2.24, 2.45) is 0 Å². The van der Waals surface area contributed by atoms with Crippen LogP contribution in [0.2, 0.25) is 5.02 Å². The standard InChI is InChI=1S/C18H21ClN2O/c1-13-4-6-15(7-5-13)12-21(3)14(2)18(22)20-17-10-8-16(19)9-11-17/h4-11,14H,12H2,1-3H3,(H,20,22)/p+1/t14-/m0/s1. The molecule has 0 saturated carbocycles. The summed E-state index contributed by atoms with van der Waals surface area (Å²) in [5.41, 5.74) is 3.24. The first-order valence-electron chi connectivity index (χ1n) is 7.40. The maximum absolute atomic E-state index is 12.3. The van der Waals surface area contributed by atoms with Crippen LogP contribution < -0.4 is 10.2 Å². The second kappa shape index (κ2) is 7.43. The number of benzene rings is 2. The number of carbonyl (C=O) groups is 1. The number of rotatable bonds is 5. The van der Waals surface area contributed by atoms with Crippen LogP contribution in [0.25, 0.3) is 0 Å². The van der Waals surface area contributed by atoms with Crippen LogP contribution >= 0.6 is 11.6 Å². The van der Waals surface area contributed by atoms with E-state index in [2.05, 4.69) is 36.5 Å². The van der Waals surface area contributed by atoms with Gasteiger partial charge in [-0.3, -0.25) is 4.79 Å². The topological polar surface area (TPSA) is 33.5 Å². The van der Waals surface area contributed by atoms with Gasteiger partial charge in [0.2, 0.25) is 0 Å². The largest absolute Gasteiger partial charge is 0.324 e. The maximum Gasteiger partial charge on any atom is 0.282 e. The van der Waals surface area contributed by atoms with Gasteiger partial charge in [-0.1, -0.05) is 41.4 Å². The number of hydrogen-bond acceptors (Lipinski definition) is 1. The van der Waals surface area contributed by atoms with Gasteiger partial charge in [0, 0.05) is 16.3 Å². The Morgan fingerprint density at radius 3 is 2.32 bits per heavy atom. The van der Waals surface area contributed by atoms with E-state index >= 15 is 0 Å². The highest BCUT2D eigenvalue weighted by Crippen LogP contribution is 2.13. The molecule has 2 aromatic carbocycles. The summed E-state index contributed by atoms with van der Waals surface area (Å²) in [6, 6.07) is 15.4. The zero-order chi connectivity index (χ0) is 16.1. The Kier molecular flexibility index (Phi) is 5.58. The van der Waals surface area contributed by atoms with Crippen LogP contribution in [-0.4, -0.2) is 19.0 Å². The number of anilines is 1. The fourth-order valence-corrected chi connectivity index (χ4v) is 2.31. The molecule has 0 bridgehead atoms. The number of likely N-dealkylation sites (N-methyl/N-ethyl adjacent to an activating group) is 1. The van der Waals surface area contributed by atoms with E-state index in [0.717, 1.165) is 17.1 Å². The number of carbonyl (C=O) groups excluding carboxylic acids is 1. The number of nitrogens with one attached hydrogen (secondary N) is 2. The van der Waals surface area contributed by atoms with Gasteiger partial charge in [-0.05, 0) is 38.1 Å². The first kappa shape index (κ1) is 16.5. The van der Waals surface area contributed by atoms with Crippen molar-refractivity contribution in [3.63, 3.8) is 0 Å². The van der Waals surface area contributed by atoms with Crippen LogP contribution in [0.1, 0.15) is 18.1 Å². The zero-order valence-corrected chi connectivity index (χ0v) is 13.9. The number of hydrogen-bond donors (Lipinski definition) is 2. The van der Waals surface area contributed by atoms with E-state index in [1.807, 2.05) is 26.1 Å². The smallest absolute Gasteiger partial charge is 0.282 e. The molecule has 0 aliphatic heterocycles.